The second kappa shape index (κ2) is 8.85. The minimum atomic E-state index is -0.468. The highest BCUT2D eigenvalue weighted by molar-refractivity contribution is 6.17. The van der Waals surface area contributed by atoms with Gasteiger partial charge in [0.2, 0.25) is 17.7 Å². The number of benzene rings is 1. The molecule has 1 fully saturated rings. The lowest BCUT2D eigenvalue weighted by molar-refractivity contribution is -0.132. The van der Waals surface area contributed by atoms with Gasteiger partial charge in [-0.25, -0.2) is 14.7 Å². The Bertz CT molecular complexity index is 971. The largest absolute Gasteiger partial charge is 0.416 e. The molecule has 4 rings (SSSR count). The van der Waals surface area contributed by atoms with Crippen molar-refractivity contribution in [3.8, 4) is 5.88 Å². The maximum absolute atomic E-state index is 12.5. The summed E-state index contributed by atoms with van der Waals surface area (Å²) in [7, 11) is 0. The van der Waals surface area contributed by atoms with Gasteiger partial charge in [0.1, 0.15) is 0 Å². The third-order valence-corrected chi connectivity index (χ3v) is 5.40. The summed E-state index contributed by atoms with van der Waals surface area (Å²) in [5.74, 6) is -0.0621. The molecule has 31 heavy (non-hydrogen) atoms. The van der Waals surface area contributed by atoms with E-state index in [0.717, 1.165) is 16.9 Å². The number of fused-ring (bicyclic) bond motifs is 1. The van der Waals surface area contributed by atoms with Crippen LogP contribution in [0.3, 0.4) is 0 Å². The highest BCUT2D eigenvalue weighted by Gasteiger charge is 2.32. The molecule has 0 N–H and O–H groups in total. The fourth-order valence-corrected chi connectivity index (χ4v) is 4.02. The van der Waals surface area contributed by atoms with E-state index in [-0.39, 0.29) is 30.8 Å². The van der Waals surface area contributed by atoms with Gasteiger partial charge >= 0.3 is 6.09 Å². The van der Waals surface area contributed by atoms with E-state index in [1.54, 1.807) is 11.0 Å². The van der Waals surface area contributed by atoms with Crippen LogP contribution in [0.25, 0.3) is 0 Å². The Morgan fingerprint density at radius 3 is 2.39 bits per heavy atom. The van der Waals surface area contributed by atoms with Gasteiger partial charge in [0.05, 0.1) is 25.0 Å². The van der Waals surface area contributed by atoms with Crippen LogP contribution in [0, 0.1) is 5.92 Å². The molecular formula is C23H26N4O4. The van der Waals surface area contributed by atoms with E-state index in [4.69, 9.17) is 4.74 Å². The zero-order chi connectivity index (χ0) is 22.0. The van der Waals surface area contributed by atoms with Crippen molar-refractivity contribution in [1.82, 2.24) is 14.8 Å². The van der Waals surface area contributed by atoms with E-state index in [1.807, 2.05) is 36.9 Å². The fourth-order valence-electron chi connectivity index (χ4n) is 4.02. The Hall–Kier alpha value is -3.26. The highest BCUT2D eigenvalue weighted by atomic mass is 16.6. The summed E-state index contributed by atoms with van der Waals surface area (Å²) in [4.78, 5) is 46.3. The fraction of sp³-hybridized carbons (Fsp3) is 0.391. The number of anilines is 1. The van der Waals surface area contributed by atoms with Crippen LogP contribution in [0.1, 0.15) is 25.0 Å². The standard InChI is InChI=1S/C23H26N4O4/c1-16(2)12-25-14-21(28)27(22(29)15-25)19-7-8-20(24-11-19)31-23(30)26-10-9-17-5-3-4-6-18(17)13-26/h3-8,11,16H,9-10,12-15H2,1-2H3. The Morgan fingerprint density at radius 1 is 1.03 bits per heavy atom. The number of hydrogen-bond donors (Lipinski definition) is 0. The van der Waals surface area contributed by atoms with E-state index in [9.17, 15) is 14.4 Å². The molecule has 0 saturated carbocycles. The molecule has 0 atom stereocenters. The lowest BCUT2D eigenvalue weighted by Gasteiger charge is -2.33. The summed E-state index contributed by atoms with van der Waals surface area (Å²) >= 11 is 0. The lowest BCUT2D eigenvalue weighted by atomic mass is 10.0. The van der Waals surface area contributed by atoms with Crippen LogP contribution >= 0.6 is 0 Å². The van der Waals surface area contributed by atoms with Gasteiger partial charge in [-0.15, -0.1) is 0 Å². The number of piperazine rings is 1. The average Bonchev–Trinajstić information content (AvgIpc) is 2.73. The summed E-state index contributed by atoms with van der Waals surface area (Å²) in [6, 6.07) is 11.1. The van der Waals surface area contributed by atoms with Gasteiger partial charge in [-0.3, -0.25) is 14.5 Å². The Kier molecular flexibility index (Phi) is 5.99. The van der Waals surface area contributed by atoms with Crippen LogP contribution < -0.4 is 9.64 Å². The van der Waals surface area contributed by atoms with Crippen molar-refractivity contribution in [1.29, 1.82) is 0 Å². The van der Waals surface area contributed by atoms with Crippen molar-refractivity contribution in [3.63, 3.8) is 0 Å². The van der Waals surface area contributed by atoms with Crippen LogP contribution in [0.5, 0.6) is 5.88 Å². The van der Waals surface area contributed by atoms with Gasteiger partial charge in [0.25, 0.3) is 0 Å². The number of rotatable bonds is 4. The Balaban J connectivity index is 1.38. The third-order valence-electron chi connectivity index (χ3n) is 5.40. The molecule has 1 aromatic heterocycles. The molecule has 0 bridgehead atoms. The Morgan fingerprint density at radius 2 is 1.74 bits per heavy atom. The molecule has 8 heteroatoms. The lowest BCUT2D eigenvalue weighted by Crippen LogP contribution is -2.54. The third kappa shape index (κ3) is 4.74. The maximum atomic E-state index is 12.5. The molecule has 1 aromatic carbocycles. The average molecular weight is 422 g/mol. The number of ether oxygens (including phenoxy) is 1. The first kappa shape index (κ1) is 21.0. The van der Waals surface area contributed by atoms with Gasteiger partial charge in [0, 0.05) is 25.7 Å². The predicted octanol–water partition coefficient (Wildman–Crippen LogP) is 2.47. The maximum Gasteiger partial charge on any atom is 0.416 e. The number of nitrogens with zero attached hydrogens (tertiary/aromatic N) is 4. The van der Waals surface area contributed by atoms with E-state index < -0.39 is 6.09 Å². The SMILES string of the molecule is CC(C)CN1CC(=O)N(c2ccc(OC(=O)N3CCc4ccccc4C3)nc2)C(=O)C1. The molecule has 0 unspecified atom stereocenters. The van der Waals surface area contributed by atoms with Gasteiger partial charge in [-0.05, 0) is 29.5 Å². The minimum Gasteiger partial charge on any atom is -0.391 e. The smallest absolute Gasteiger partial charge is 0.391 e. The molecule has 3 amide bonds. The van der Waals surface area contributed by atoms with Crippen LogP contribution in [-0.4, -0.2) is 58.9 Å². The monoisotopic (exact) mass is 422 g/mol. The number of aromatic nitrogens is 1. The molecule has 1 saturated heterocycles. The zero-order valence-electron chi connectivity index (χ0n) is 17.8. The second-order valence-electron chi connectivity index (χ2n) is 8.35. The van der Waals surface area contributed by atoms with E-state index >= 15 is 0 Å². The molecule has 0 spiro atoms. The van der Waals surface area contributed by atoms with Crippen molar-refractivity contribution in [2.24, 2.45) is 5.92 Å². The molecule has 2 aliphatic rings. The van der Waals surface area contributed by atoms with Crippen LogP contribution in [-0.2, 0) is 22.6 Å². The minimum absolute atomic E-state index is 0.131. The van der Waals surface area contributed by atoms with E-state index in [2.05, 4.69) is 11.1 Å². The topological polar surface area (TPSA) is 83.1 Å². The molecule has 0 radical (unpaired) electrons. The van der Waals surface area contributed by atoms with Gasteiger partial charge in [0.15, 0.2) is 0 Å². The highest BCUT2D eigenvalue weighted by Crippen LogP contribution is 2.22. The number of imide groups is 1. The van der Waals surface area contributed by atoms with Crippen molar-refractivity contribution in [3.05, 3.63) is 53.7 Å². The molecular weight excluding hydrogens is 396 g/mol. The van der Waals surface area contributed by atoms with Crippen molar-refractivity contribution in [2.45, 2.75) is 26.8 Å². The van der Waals surface area contributed by atoms with Crippen molar-refractivity contribution < 1.29 is 19.1 Å². The second-order valence-corrected chi connectivity index (χ2v) is 8.35. The van der Waals surface area contributed by atoms with Crippen LogP contribution in [0.2, 0.25) is 0 Å². The summed E-state index contributed by atoms with van der Waals surface area (Å²) in [5, 5.41) is 0. The molecule has 8 nitrogen and oxygen atoms in total. The zero-order valence-corrected chi connectivity index (χ0v) is 17.8. The molecule has 2 aromatic rings. The first-order valence-electron chi connectivity index (χ1n) is 10.5. The summed E-state index contributed by atoms with van der Waals surface area (Å²) in [6.07, 6.45) is 1.70. The molecule has 2 aliphatic heterocycles. The molecule has 3 heterocycles. The van der Waals surface area contributed by atoms with E-state index in [1.165, 1.54) is 17.8 Å². The normalized spacial score (nSPS) is 17.1. The number of carbonyl (C=O) groups excluding carboxylic acids is 3. The first-order valence-corrected chi connectivity index (χ1v) is 10.5. The Labute approximate surface area is 181 Å². The van der Waals surface area contributed by atoms with Crippen molar-refractivity contribution >= 4 is 23.6 Å². The number of carbonyl (C=O) groups is 3. The first-order chi connectivity index (χ1) is 14.9. The quantitative estimate of drug-likeness (QED) is 0.704. The van der Waals surface area contributed by atoms with Crippen LogP contribution in [0.15, 0.2) is 42.6 Å². The summed E-state index contributed by atoms with van der Waals surface area (Å²) < 4.78 is 5.40. The number of amides is 3. The van der Waals surface area contributed by atoms with Gasteiger partial charge < -0.3 is 9.64 Å². The number of pyridine rings is 1. The van der Waals surface area contributed by atoms with Gasteiger partial charge in [-0.2, -0.15) is 0 Å². The van der Waals surface area contributed by atoms with Crippen molar-refractivity contribution in [2.75, 3.05) is 31.1 Å². The van der Waals surface area contributed by atoms with E-state index in [0.29, 0.717) is 31.2 Å². The molecule has 162 valence electrons. The molecule has 0 aliphatic carbocycles. The van der Waals surface area contributed by atoms with Gasteiger partial charge in [-0.1, -0.05) is 38.1 Å². The predicted molar refractivity (Wildman–Crippen MR) is 115 cm³/mol. The summed E-state index contributed by atoms with van der Waals surface area (Å²) in [6.45, 7) is 6.25. The summed E-state index contributed by atoms with van der Waals surface area (Å²) in [5.41, 5.74) is 2.74. The van der Waals surface area contributed by atoms with Crippen LogP contribution in [0.4, 0.5) is 10.5 Å². The number of hydrogen-bond acceptors (Lipinski definition) is 6.